The molecule has 0 saturated carbocycles. The van der Waals surface area contributed by atoms with Crippen LogP contribution in [0.25, 0.3) is 0 Å². The highest BCUT2D eigenvalue weighted by molar-refractivity contribution is 6.18. The van der Waals surface area contributed by atoms with Crippen molar-refractivity contribution in [3.05, 3.63) is 24.3 Å². The van der Waals surface area contributed by atoms with Gasteiger partial charge in [-0.1, -0.05) is 0 Å². The van der Waals surface area contributed by atoms with Gasteiger partial charge >= 0.3 is 0 Å². The lowest BCUT2D eigenvalue weighted by atomic mass is 10.2. The molecule has 122 valence electrons. The summed E-state index contributed by atoms with van der Waals surface area (Å²) in [7, 11) is 0. The largest absolute Gasteiger partial charge is 0.326 e. The summed E-state index contributed by atoms with van der Waals surface area (Å²) in [6.07, 6.45) is 4.17. The molecule has 0 fully saturated rings. The Morgan fingerprint density at radius 2 is 1.09 bits per heavy atom. The number of anilines is 2. The number of carbonyl (C=O) groups is 2. The second kappa shape index (κ2) is 11.3. The zero-order valence-corrected chi connectivity index (χ0v) is 14.1. The molecule has 0 aliphatic heterocycles. The Kier molecular flexibility index (Phi) is 9.67. The molecule has 0 heterocycles. The van der Waals surface area contributed by atoms with Crippen molar-refractivity contribution in [2.75, 3.05) is 22.4 Å². The zero-order valence-electron chi connectivity index (χ0n) is 12.5. The smallest absolute Gasteiger partial charge is 0.224 e. The van der Waals surface area contributed by atoms with Crippen LogP contribution in [0.15, 0.2) is 24.3 Å². The Labute approximate surface area is 141 Å². The highest BCUT2D eigenvalue weighted by Gasteiger charge is 2.04. The Morgan fingerprint density at radius 3 is 1.41 bits per heavy atom. The molecule has 2 amide bonds. The van der Waals surface area contributed by atoms with E-state index < -0.39 is 0 Å². The van der Waals surface area contributed by atoms with Gasteiger partial charge in [0.25, 0.3) is 0 Å². The van der Waals surface area contributed by atoms with Crippen molar-refractivity contribution in [3.8, 4) is 0 Å². The van der Waals surface area contributed by atoms with Gasteiger partial charge in [0.05, 0.1) is 0 Å². The topological polar surface area (TPSA) is 58.2 Å². The number of carbonyl (C=O) groups excluding carboxylic acids is 2. The molecule has 0 aliphatic rings. The van der Waals surface area contributed by atoms with Crippen LogP contribution in [0.3, 0.4) is 0 Å². The second-order valence-corrected chi connectivity index (χ2v) is 5.72. The van der Waals surface area contributed by atoms with Gasteiger partial charge in [-0.2, -0.15) is 0 Å². The average molecular weight is 345 g/mol. The molecule has 1 rings (SSSR count). The van der Waals surface area contributed by atoms with E-state index in [1.807, 2.05) is 0 Å². The fourth-order valence-electron chi connectivity index (χ4n) is 1.84. The first-order valence-electron chi connectivity index (χ1n) is 7.47. The van der Waals surface area contributed by atoms with Gasteiger partial charge in [0.15, 0.2) is 0 Å². The Hall–Kier alpha value is -1.26. The number of amides is 2. The molecule has 6 heteroatoms. The van der Waals surface area contributed by atoms with Gasteiger partial charge in [-0.15, -0.1) is 23.2 Å². The molecule has 0 atom stereocenters. The van der Waals surface area contributed by atoms with Crippen LogP contribution in [0.1, 0.15) is 38.5 Å². The van der Waals surface area contributed by atoms with Crippen molar-refractivity contribution in [1.29, 1.82) is 0 Å². The summed E-state index contributed by atoms with van der Waals surface area (Å²) in [5, 5.41) is 5.63. The van der Waals surface area contributed by atoms with Gasteiger partial charge in [-0.25, -0.2) is 0 Å². The number of rotatable bonds is 10. The monoisotopic (exact) mass is 344 g/mol. The van der Waals surface area contributed by atoms with E-state index in [0.29, 0.717) is 24.6 Å². The third kappa shape index (κ3) is 8.25. The quantitative estimate of drug-likeness (QED) is 0.488. The van der Waals surface area contributed by atoms with Gasteiger partial charge in [-0.05, 0) is 49.9 Å². The fourth-order valence-corrected chi connectivity index (χ4v) is 2.22. The van der Waals surface area contributed by atoms with E-state index >= 15 is 0 Å². The predicted octanol–water partition coefficient (Wildman–Crippen LogP) is 4.38. The Bertz CT molecular complexity index is 421. The third-order valence-corrected chi connectivity index (χ3v) is 3.56. The number of nitrogens with one attached hydrogen (secondary N) is 2. The molecule has 0 radical (unpaired) electrons. The van der Waals surface area contributed by atoms with Crippen LogP contribution in [0.2, 0.25) is 0 Å². The summed E-state index contributed by atoms with van der Waals surface area (Å²) in [6, 6.07) is 7.09. The van der Waals surface area contributed by atoms with Crippen molar-refractivity contribution >= 4 is 46.4 Å². The molecular formula is C16H22Cl2N2O2. The molecule has 4 nitrogen and oxygen atoms in total. The van der Waals surface area contributed by atoms with E-state index in [4.69, 9.17) is 23.2 Å². The summed E-state index contributed by atoms with van der Waals surface area (Å²) in [4.78, 5) is 23.3. The lowest BCUT2D eigenvalue weighted by Gasteiger charge is -2.08. The number of unbranched alkanes of at least 4 members (excludes halogenated alkanes) is 2. The van der Waals surface area contributed by atoms with Crippen molar-refractivity contribution in [3.63, 3.8) is 0 Å². The summed E-state index contributed by atoms with van der Waals surface area (Å²) in [5.41, 5.74) is 1.44. The minimum Gasteiger partial charge on any atom is -0.326 e. The molecule has 0 saturated heterocycles. The van der Waals surface area contributed by atoms with Crippen molar-refractivity contribution in [2.24, 2.45) is 0 Å². The van der Waals surface area contributed by atoms with Crippen molar-refractivity contribution < 1.29 is 9.59 Å². The van der Waals surface area contributed by atoms with Crippen molar-refractivity contribution in [1.82, 2.24) is 0 Å². The lowest BCUT2D eigenvalue weighted by molar-refractivity contribution is -0.117. The second-order valence-electron chi connectivity index (χ2n) is 4.97. The Balaban J connectivity index is 2.36. The van der Waals surface area contributed by atoms with E-state index in [2.05, 4.69) is 10.6 Å². The number of hydrogen-bond donors (Lipinski definition) is 2. The maximum Gasteiger partial charge on any atom is 0.224 e. The summed E-state index contributed by atoms with van der Waals surface area (Å²) in [5.74, 6) is 1.10. The molecular weight excluding hydrogens is 323 g/mol. The highest BCUT2D eigenvalue weighted by atomic mass is 35.5. The molecule has 0 spiro atoms. The van der Waals surface area contributed by atoms with E-state index in [1.54, 1.807) is 24.3 Å². The first-order chi connectivity index (χ1) is 10.7. The zero-order chi connectivity index (χ0) is 16.2. The van der Waals surface area contributed by atoms with E-state index in [0.717, 1.165) is 37.1 Å². The fraction of sp³-hybridized carbons (Fsp3) is 0.500. The summed E-state index contributed by atoms with van der Waals surface area (Å²) < 4.78 is 0. The van der Waals surface area contributed by atoms with Crippen LogP contribution in [0.4, 0.5) is 11.4 Å². The van der Waals surface area contributed by atoms with Gasteiger partial charge in [0.2, 0.25) is 11.8 Å². The van der Waals surface area contributed by atoms with Crippen LogP contribution >= 0.6 is 23.2 Å². The Morgan fingerprint density at radius 1 is 0.727 bits per heavy atom. The lowest BCUT2D eigenvalue weighted by Crippen LogP contribution is -2.12. The van der Waals surface area contributed by atoms with Gasteiger partial charge in [-0.3, -0.25) is 9.59 Å². The number of hydrogen-bond acceptors (Lipinski definition) is 2. The molecule has 0 bridgehead atoms. The standard InChI is InChI=1S/C16H22Cl2N2O2/c17-11-3-1-5-15(21)19-13-7-9-14(10-8-13)20-16(22)6-2-4-12-18/h7-10H,1-6,11-12H2,(H,19,21)(H,20,22). The van der Waals surface area contributed by atoms with Crippen LogP contribution in [-0.4, -0.2) is 23.6 Å². The molecule has 2 N–H and O–H groups in total. The van der Waals surface area contributed by atoms with Gasteiger partial charge in [0.1, 0.15) is 0 Å². The molecule has 1 aromatic carbocycles. The first kappa shape index (κ1) is 18.8. The number of alkyl halides is 2. The number of benzene rings is 1. The average Bonchev–Trinajstić information content (AvgIpc) is 2.50. The number of halogens is 2. The molecule has 0 aromatic heterocycles. The highest BCUT2D eigenvalue weighted by Crippen LogP contribution is 2.15. The maximum absolute atomic E-state index is 11.7. The normalized spacial score (nSPS) is 10.3. The molecule has 0 aliphatic carbocycles. The van der Waals surface area contributed by atoms with Crippen LogP contribution in [0, 0.1) is 0 Å². The summed E-state index contributed by atoms with van der Waals surface area (Å²) in [6.45, 7) is 0. The molecule has 1 aromatic rings. The van der Waals surface area contributed by atoms with Crippen LogP contribution in [0.5, 0.6) is 0 Å². The summed E-state index contributed by atoms with van der Waals surface area (Å²) >= 11 is 11.1. The minimum atomic E-state index is -0.0250. The van der Waals surface area contributed by atoms with E-state index in [-0.39, 0.29) is 11.8 Å². The minimum absolute atomic E-state index is 0.0250. The third-order valence-electron chi connectivity index (χ3n) is 3.03. The molecule has 0 unspecified atom stereocenters. The molecule has 22 heavy (non-hydrogen) atoms. The van der Waals surface area contributed by atoms with E-state index in [9.17, 15) is 9.59 Å². The van der Waals surface area contributed by atoms with E-state index in [1.165, 1.54) is 0 Å². The first-order valence-corrected chi connectivity index (χ1v) is 8.54. The van der Waals surface area contributed by atoms with Crippen LogP contribution in [-0.2, 0) is 9.59 Å². The SMILES string of the molecule is O=C(CCCCCl)Nc1ccc(NC(=O)CCCCCl)cc1. The van der Waals surface area contributed by atoms with Gasteiger partial charge in [0, 0.05) is 36.0 Å². The maximum atomic E-state index is 11.7. The van der Waals surface area contributed by atoms with Gasteiger partial charge < -0.3 is 10.6 Å². The van der Waals surface area contributed by atoms with Crippen LogP contribution < -0.4 is 10.6 Å². The van der Waals surface area contributed by atoms with Crippen molar-refractivity contribution in [2.45, 2.75) is 38.5 Å². The predicted molar refractivity (Wildman–Crippen MR) is 92.8 cm³/mol.